The van der Waals surface area contributed by atoms with Gasteiger partial charge in [0.2, 0.25) is 5.91 Å². The van der Waals surface area contributed by atoms with Gasteiger partial charge < -0.3 is 31.1 Å². The molecule has 6 N–H and O–H groups in total. The molecule has 7 nitrogen and oxygen atoms in total. The van der Waals surface area contributed by atoms with Crippen molar-refractivity contribution in [3.8, 4) is 11.5 Å². The minimum absolute atomic E-state index is 0.0577. The first kappa shape index (κ1) is 16.2. The molecule has 1 rings (SSSR count). The minimum atomic E-state index is -0.753. The molecular formula is C13H20N2O5. The van der Waals surface area contributed by atoms with Gasteiger partial charge in [-0.3, -0.25) is 4.79 Å². The van der Waals surface area contributed by atoms with Crippen molar-refractivity contribution < 1.29 is 24.9 Å². The summed E-state index contributed by atoms with van der Waals surface area (Å²) in [6.07, 6.45) is 0.247. The van der Waals surface area contributed by atoms with Crippen LogP contribution in [-0.2, 0) is 16.0 Å². The molecule has 0 saturated carbocycles. The summed E-state index contributed by atoms with van der Waals surface area (Å²) < 4.78 is 4.99. The number of phenols is 2. The zero-order valence-corrected chi connectivity index (χ0v) is 11.1. The summed E-state index contributed by atoms with van der Waals surface area (Å²) >= 11 is 0. The van der Waals surface area contributed by atoms with Crippen molar-refractivity contribution in [1.29, 1.82) is 0 Å². The van der Waals surface area contributed by atoms with E-state index in [-0.39, 0.29) is 37.0 Å². The highest BCUT2D eigenvalue weighted by Gasteiger charge is 2.14. The van der Waals surface area contributed by atoms with E-state index >= 15 is 0 Å². The molecular weight excluding hydrogens is 264 g/mol. The van der Waals surface area contributed by atoms with E-state index in [1.165, 1.54) is 12.1 Å². The second-order valence-electron chi connectivity index (χ2n) is 4.26. The smallest absolute Gasteiger partial charge is 0.237 e. The zero-order chi connectivity index (χ0) is 15.0. The van der Waals surface area contributed by atoms with E-state index in [4.69, 9.17) is 15.6 Å². The number of carbonyl (C=O) groups excluding carboxylic acids is 1. The topological polar surface area (TPSA) is 125 Å². The number of phenolic OH excluding ortho intramolecular Hbond substituents is 2. The number of ether oxygens (including phenoxy) is 1. The summed E-state index contributed by atoms with van der Waals surface area (Å²) in [4.78, 5) is 11.7. The molecule has 0 aromatic heterocycles. The predicted molar refractivity (Wildman–Crippen MR) is 72.4 cm³/mol. The Morgan fingerprint density at radius 3 is 2.70 bits per heavy atom. The van der Waals surface area contributed by atoms with Crippen molar-refractivity contribution in [3.63, 3.8) is 0 Å². The third kappa shape index (κ3) is 5.43. The van der Waals surface area contributed by atoms with E-state index in [2.05, 4.69) is 5.32 Å². The van der Waals surface area contributed by atoms with Gasteiger partial charge in [-0.1, -0.05) is 6.07 Å². The second kappa shape index (κ2) is 8.36. The predicted octanol–water partition coefficient (Wildman–Crippen LogP) is -0.907. The number of carbonyl (C=O) groups is 1. The van der Waals surface area contributed by atoms with Crippen LogP contribution in [0.3, 0.4) is 0 Å². The molecule has 7 heteroatoms. The number of benzene rings is 1. The van der Waals surface area contributed by atoms with Crippen LogP contribution in [0.25, 0.3) is 0 Å². The molecule has 0 spiro atoms. The quantitative estimate of drug-likeness (QED) is 0.311. The Morgan fingerprint density at radius 2 is 2.05 bits per heavy atom. The van der Waals surface area contributed by atoms with E-state index in [0.29, 0.717) is 18.7 Å². The lowest BCUT2D eigenvalue weighted by Gasteiger charge is -2.12. The molecule has 20 heavy (non-hydrogen) atoms. The summed E-state index contributed by atoms with van der Waals surface area (Å²) in [7, 11) is 0. The Hall–Kier alpha value is -1.83. The van der Waals surface area contributed by atoms with Gasteiger partial charge in [-0.25, -0.2) is 0 Å². The summed E-state index contributed by atoms with van der Waals surface area (Å²) in [5.41, 5.74) is 6.39. The van der Waals surface area contributed by atoms with Crippen LogP contribution in [0.2, 0.25) is 0 Å². The fourth-order valence-corrected chi connectivity index (χ4v) is 1.59. The lowest BCUT2D eigenvalue weighted by Crippen LogP contribution is -2.43. The minimum Gasteiger partial charge on any atom is -0.504 e. The summed E-state index contributed by atoms with van der Waals surface area (Å²) in [6, 6.07) is 3.55. The molecule has 0 saturated heterocycles. The van der Waals surface area contributed by atoms with Crippen molar-refractivity contribution in [3.05, 3.63) is 23.8 Å². The number of nitrogens with two attached hydrogens (primary N) is 1. The molecule has 0 aliphatic heterocycles. The first-order chi connectivity index (χ1) is 9.54. The number of aliphatic hydroxyl groups excluding tert-OH is 1. The van der Waals surface area contributed by atoms with Gasteiger partial charge in [0.15, 0.2) is 11.5 Å². The average Bonchev–Trinajstić information content (AvgIpc) is 2.42. The maximum Gasteiger partial charge on any atom is 0.237 e. The SMILES string of the molecule is N[C@@H](Cc1ccc(O)c(O)c1)C(=O)NCCOCCO. The van der Waals surface area contributed by atoms with Gasteiger partial charge in [0.1, 0.15) is 0 Å². The van der Waals surface area contributed by atoms with Gasteiger partial charge in [-0.15, -0.1) is 0 Å². The van der Waals surface area contributed by atoms with Crippen molar-refractivity contribution in [2.24, 2.45) is 5.73 Å². The number of hydrogen-bond donors (Lipinski definition) is 5. The Kier molecular flexibility index (Phi) is 6.78. The molecule has 1 aromatic carbocycles. The molecule has 0 heterocycles. The largest absolute Gasteiger partial charge is 0.504 e. The Morgan fingerprint density at radius 1 is 1.30 bits per heavy atom. The highest BCUT2D eigenvalue weighted by Crippen LogP contribution is 2.25. The lowest BCUT2D eigenvalue weighted by atomic mass is 10.1. The van der Waals surface area contributed by atoms with E-state index in [1.54, 1.807) is 6.07 Å². The summed E-state index contributed by atoms with van der Waals surface area (Å²) in [5.74, 6) is -0.787. The maximum atomic E-state index is 11.7. The first-order valence-electron chi connectivity index (χ1n) is 6.27. The standard InChI is InChI=1S/C13H20N2O5/c14-10(13(19)15-3-5-20-6-4-16)7-9-1-2-11(17)12(18)8-9/h1-2,8,10,16-18H,3-7,14H2,(H,15,19)/t10-/m0/s1. The highest BCUT2D eigenvalue weighted by molar-refractivity contribution is 5.81. The van der Waals surface area contributed by atoms with Gasteiger partial charge in [0, 0.05) is 6.54 Å². The molecule has 0 bridgehead atoms. The molecule has 0 aliphatic carbocycles. The van der Waals surface area contributed by atoms with Gasteiger partial charge in [0.05, 0.1) is 25.9 Å². The van der Waals surface area contributed by atoms with Crippen LogP contribution in [-0.4, -0.2) is 53.6 Å². The zero-order valence-electron chi connectivity index (χ0n) is 11.1. The second-order valence-corrected chi connectivity index (χ2v) is 4.26. The number of hydrogen-bond acceptors (Lipinski definition) is 6. The van der Waals surface area contributed by atoms with Crippen LogP contribution in [0.5, 0.6) is 11.5 Å². The first-order valence-corrected chi connectivity index (χ1v) is 6.27. The number of amides is 1. The van der Waals surface area contributed by atoms with Crippen LogP contribution in [0.15, 0.2) is 18.2 Å². The molecule has 1 atom stereocenters. The average molecular weight is 284 g/mol. The van der Waals surface area contributed by atoms with Gasteiger partial charge in [-0.05, 0) is 24.1 Å². The highest BCUT2D eigenvalue weighted by atomic mass is 16.5. The van der Waals surface area contributed by atoms with E-state index in [9.17, 15) is 15.0 Å². The number of aliphatic hydroxyl groups is 1. The van der Waals surface area contributed by atoms with Crippen LogP contribution in [0.1, 0.15) is 5.56 Å². The number of aromatic hydroxyl groups is 2. The lowest BCUT2D eigenvalue weighted by molar-refractivity contribution is -0.122. The monoisotopic (exact) mass is 284 g/mol. The van der Waals surface area contributed by atoms with Crippen LogP contribution in [0.4, 0.5) is 0 Å². The van der Waals surface area contributed by atoms with E-state index < -0.39 is 6.04 Å². The Balaban J connectivity index is 2.35. The van der Waals surface area contributed by atoms with E-state index in [1.807, 2.05) is 0 Å². The van der Waals surface area contributed by atoms with Crippen LogP contribution < -0.4 is 11.1 Å². The Bertz CT molecular complexity index is 439. The molecule has 112 valence electrons. The number of rotatable bonds is 8. The molecule has 0 fully saturated rings. The molecule has 0 unspecified atom stereocenters. The van der Waals surface area contributed by atoms with E-state index in [0.717, 1.165) is 0 Å². The van der Waals surface area contributed by atoms with Crippen LogP contribution in [0, 0.1) is 0 Å². The third-order valence-electron chi connectivity index (χ3n) is 2.61. The van der Waals surface area contributed by atoms with Crippen molar-refractivity contribution in [2.45, 2.75) is 12.5 Å². The third-order valence-corrected chi connectivity index (χ3v) is 2.61. The van der Waals surface area contributed by atoms with Gasteiger partial charge >= 0.3 is 0 Å². The van der Waals surface area contributed by atoms with Gasteiger partial charge in [0.25, 0.3) is 0 Å². The summed E-state index contributed by atoms with van der Waals surface area (Å²) in [5, 5.41) is 29.6. The molecule has 0 radical (unpaired) electrons. The fourth-order valence-electron chi connectivity index (χ4n) is 1.59. The molecule has 1 aromatic rings. The van der Waals surface area contributed by atoms with Crippen LogP contribution >= 0.6 is 0 Å². The maximum absolute atomic E-state index is 11.7. The molecule has 1 amide bonds. The van der Waals surface area contributed by atoms with Crippen molar-refractivity contribution in [2.75, 3.05) is 26.4 Å². The fraction of sp³-hybridized carbons (Fsp3) is 0.462. The van der Waals surface area contributed by atoms with Crippen molar-refractivity contribution in [1.82, 2.24) is 5.32 Å². The van der Waals surface area contributed by atoms with Crippen molar-refractivity contribution >= 4 is 5.91 Å². The van der Waals surface area contributed by atoms with Gasteiger partial charge in [-0.2, -0.15) is 0 Å². The normalized spacial score (nSPS) is 12.1. The molecule has 0 aliphatic rings. The Labute approximate surface area is 117 Å². The number of nitrogens with one attached hydrogen (secondary N) is 1. The summed E-state index contributed by atoms with van der Waals surface area (Å²) in [6.45, 7) is 0.791.